The van der Waals surface area contributed by atoms with E-state index in [1.807, 2.05) is 0 Å². The lowest BCUT2D eigenvalue weighted by Crippen LogP contribution is -2.44. The molecule has 10 heteroatoms. The summed E-state index contributed by atoms with van der Waals surface area (Å²) in [6, 6.07) is 4.24. The SMILES string of the molecule is CCOC(=O)[C@@H]1[C@@H](c2ccc([N+](=O)[O-])cc2)C(C(=O)[C@]2(C)CO2)=NN1C(C)=O. The summed E-state index contributed by atoms with van der Waals surface area (Å²) < 4.78 is 10.3. The van der Waals surface area contributed by atoms with E-state index < -0.39 is 40.1 Å². The van der Waals surface area contributed by atoms with Crippen LogP contribution in [0.1, 0.15) is 32.3 Å². The van der Waals surface area contributed by atoms with Gasteiger partial charge in [0.2, 0.25) is 11.7 Å². The Morgan fingerprint density at radius 1 is 1.36 bits per heavy atom. The van der Waals surface area contributed by atoms with E-state index in [9.17, 15) is 24.5 Å². The van der Waals surface area contributed by atoms with E-state index in [4.69, 9.17) is 9.47 Å². The maximum absolute atomic E-state index is 12.9. The monoisotopic (exact) mass is 389 g/mol. The minimum atomic E-state index is -1.18. The Labute approximate surface area is 160 Å². The van der Waals surface area contributed by atoms with Crippen molar-refractivity contribution in [1.29, 1.82) is 0 Å². The molecule has 3 rings (SSSR count). The van der Waals surface area contributed by atoms with Gasteiger partial charge in [-0.1, -0.05) is 12.1 Å². The highest BCUT2D eigenvalue weighted by Gasteiger charge is 2.56. The van der Waals surface area contributed by atoms with Crippen LogP contribution in [0, 0.1) is 10.1 Å². The summed E-state index contributed by atoms with van der Waals surface area (Å²) >= 11 is 0. The average Bonchev–Trinajstić information content (AvgIpc) is 3.28. The number of ketones is 1. The molecule has 0 spiro atoms. The van der Waals surface area contributed by atoms with Crippen LogP contribution in [0.25, 0.3) is 0 Å². The number of Topliss-reactive ketones (excluding diaryl/α,β-unsaturated/α-hetero) is 1. The molecule has 0 aromatic heterocycles. The first-order valence-electron chi connectivity index (χ1n) is 8.67. The van der Waals surface area contributed by atoms with Gasteiger partial charge in [0.15, 0.2) is 11.6 Å². The third kappa shape index (κ3) is 3.38. The number of esters is 1. The first-order chi connectivity index (χ1) is 13.2. The predicted octanol–water partition coefficient (Wildman–Crippen LogP) is 1.19. The van der Waals surface area contributed by atoms with Crippen molar-refractivity contribution >= 4 is 29.1 Å². The molecule has 0 aliphatic carbocycles. The molecule has 1 fully saturated rings. The number of benzene rings is 1. The van der Waals surface area contributed by atoms with Crippen molar-refractivity contribution in [3.05, 3.63) is 39.9 Å². The lowest BCUT2D eigenvalue weighted by molar-refractivity contribution is -0.384. The van der Waals surface area contributed by atoms with Crippen LogP contribution in [-0.2, 0) is 23.9 Å². The van der Waals surface area contributed by atoms with Gasteiger partial charge in [0.1, 0.15) is 5.71 Å². The standard InChI is InChI=1S/C18H19N3O7/c1-4-27-17(24)15-13(11-5-7-12(8-6-11)21(25)26)14(19-20(15)10(2)22)16(23)18(3)9-28-18/h5-8,13,15H,4,9H2,1-3H3/t13-,15-,18-/m0/s1. The summed E-state index contributed by atoms with van der Waals surface area (Å²) in [7, 11) is 0. The molecule has 148 valence electrons. The molecular weight excluding hydrogens is 370 g/mol. The topological polar surface area (TPSA) is 132 Å². The van der Waals surface area contributed by atoms with E-state index in [-0.39, 0.29) is 24.6 Å². The van der Waals surface area contributed by atoms with E-state index in [0.717, 1.165) is 5.01 Å². The summed E-state index contributed by atoms with van der Waals surface area (Å²) in [5.41, 5.74) is -0.768. The molecule has 28 heavy (non-hydrogen) atoms. The maximum atomic E-state index is 12.9. The zero-order valence-corrected chi connectivity index (χ0v) is 15.6. The van der Waals surface area contributed by atoms with Crippen LogP contribution >= 0.6 is 0 Å². The number of ether oxygens (including phenoxy) is 2. The number of nitrogens with zero attached hydrogens (tertiary/aromatic N) is 3. The second-order valence-corrected chi connectivity index (χ2v) is 6.72. The fraction of sp³-hybridized carbons (Fsp3) is 0.444. The van der Waals surface area contributed by atoms with Gasteiger partial charge in [-0.2, -0.15) is 5.10 Å². The van der Waals surface area contributed by atoms with Gasteiger partial charge in [-0.15, -0.1) is 0 Å². The number of amides is 1. The van der Waals surface area contributed by atoms with Crippen LogP contribution in [0.5, 0.6) is 0 Å². The highest BCUT2D eigenvalue weighted by Crippen LogP contribution is 2.38. The van der Waals surface area contributed by atoms with Gasteiger partial charge >= 0.3 is 5.97 Å². The Hall–Kier alpha value is -3.14. The fourth-order valence-corrected chi connectivity index (χ4v) is 3.10. The summed E-state index contributed by atoms with van der Waals surface area (Å²) in [5.74, 6) is -2.60. The number of nitro benzene ring substituents is 1. The van der Waals surface area contributed by atoms with Gasteiger partial charge in [-0.25, -0.2) is 9.80 Å². The van der Waals surface area contributed by atoms with E-state index in [2.05, 4.69) is 5.10 Å². The quantitative estimate of drug-likeness (QED) is 0.309. The fourth-order valence-electron chi connectivity index (χ4n) is 3.10. The molecule has 2 aliphatic rings. The number of epoxide rings is 1. The van der Waals surface area contributed by atoms with E-state index in [0.29, 0.717) is 5.56 Å². The van der Waals surface area contributed by atoms with Crippen LogP contribution in [0.15, 0.2) is 29.4 Å². The molecule has 0 radical (unpaired) electrons. The van der Waals surface area contributed by atoms with Gasteiger partial charge in [0.05, 0.1) is 24.1 Å². The van der Waals surface area contributed by atoms with Crippen LogP contribution < -0.4 is 0 Å². The van der Waals surface area contributed by atoms with Gasteiger partial charge in [-0.05, 0) is 19.4 Å². The third-order valence-corrected chi connectivity index (χ3v) is 4.69. The Bertz CT molecular complexity index is 874. The highest BCUT2D eigenvalue weighted by molar-refractivity contribution is 6.46. The average molecular weight is 389 g/mol. The van der Waals surface area contributed by atoms with Gasteiger partial charge in [0, 0.05) is 19.1 Å². The smallest absolute Gasteiger partial charge is 0.332 e. The number of rotatable bonds is 6. The number of hydrazone groups is 1. The Kier molecular flexibility index (Phi) is 4.99. The zero-order valence-electron chi connectivity index (χ0n) is 15.6. The van der Waals surface area contributed by atoms with E-state index in [1.54, 1.807) is 13.8 Å². The number of hydrogen-bond donors (Lipinski definition) is 0. The Morgan fingerprint density at radius 2 is 1.96 bits per heavy atom. The number of hydrogen-bond acceptors (Lipinski definition) is 8. The van der Waals surface area contributed by atoms with Crippen molar-refractivity contribution in [1.82, 2.24) is 5.01 Å². The van der Waals surface area contributed by atoms with Crippen molar-refractivity contribution in [3.8, 4) is 0 Å². The molecule has 1 amide bonds. The molecule has 0 unspecified atom stereocenters. The van der Waals surface area contributed by atoms with Crippen molar-refractivity contribution in [3.63, 3.8) is 0 Å². The number of nitro groups is 1. The molecule has 1 saturated heterocycles. The van der Waals surface area contributed by atoms with Crippen LogP contribution in [-0.4, -0.2) is 58.2 Å². The predicted molar refractivity (Wildman–Crippen MR) is 95.6 cm³/mol. The minimum absolute atomic E-state index is 0.0119. The normalized spacial score (nSPS) is 25.8. The first kappa shape index (κ1) is 19.6. The van der Waals surface area contributed by atoms with Gasteiger partial charge < -0.3 is 9.47 Å². The second-order valence-electron chi connectivity index (χ2n) is 6.72. The molecule has 10 nitrogen and oxygen atoms in total. The Morgan fingerprint density at radius 3 is 2.43 bits per heavy atom. The molecule has 2 heterocycles. The number of non-ortho nitro benzene ring substituents is 1. The second kappa shape index (κ2) is 7.12. The summed E-state index contributed by atoms with van der Waals surface area (Å²) in [6.45, 7) is 4.74. The molecule has 1 aromatic carbocycles. The van der Waals surface area contributed by atoms with Crippen molar-refractivity contribution in [2.24, 2.45) is 5.10 Å². The van der Waals surface area contributed by atoms with Crippen molar-refractivity contribution < 1.29 is 28.8 Å². The lowest BCUT2D eigenvalue weighted by Gasteiger charge is -2.24. The summed E-state index contributed by atoms with van der Waals surface area (Å²) in [4.78, 5) is 48.0. The molecule has 0 saturated carbocycles. The molecular formula is C18H19N3O7. The van der Waals surface area contributed by atoms with Crippen molar-refractivity contribution in [2.45, 2.75) is 38.3 Å². The first-order valence-corrected chi connectivity index (χ1v) is 8.67. The number of carbonyl (C=O) groups is 3. The van der Waals surface area contributed by atoms with Crippen molar-refractivity contribution in [2.75, 3.05) is 13.2 Å². The summed E-state index contributed by atoms with van der Waals surface area (Å²) in [5, 5.41) is 16.0. The number of carbonyl (C=O) groups excluding carboxylic acids is 3. The van der Waals surface area contributed by atoms with E-state index in [1.165, 1.54) is 31.2 Å². The Balaban J connectivity index is 2.08. The van der Waals surface area contributed by atoms with Crippen LogP contribution in [0.4, 0.5) is 5.69 Å². The highest BCUT2D eigenvalue weighted by atomic mass is 16.6. The largest absolute Gasteiger partial charge is 0.464 e. The molecule has 3 atom stereocenters. The van der Waals surface area contributed by atoms with Crippen LogP contribution in [0.2, 0.25) is 0 Å². The molecule has 0 bridgehead atoms. The zero-order chi connectivity index (χ0) is 20.6. The van der Waals surface area contributed by atoms with Gasteiger partial charge in [0.25, 0.3) is 5.69 Å². The molecule has 1 aromatic rings. The van der Waals surface area contributed by atoms with Gasteiger partial charge in [-0.3, -0.25) is 19.7 Å². The summed E-state index contributed by atoms with van der Waals surface area (Å²) in [6.07, 6.45) is 0. The maximum Gasteiger partial charge on any atom is 0.332 e. The van der Waals surface area contributed by atoms with E-state index >= 15 is 0 Å². The third-order valence-electron chi connectivity index (χ3n) is 4.69. The molecule has 2 aliphatic heterocycles. The van der Waals surface area contributed by atoms with Crippen LogP contribution in [0.3, 0.4) is 0 Å². The lowest BCUT2D eigenvalue weighted by atomic mass is 9.83. The minimum Gasteiger partial charge on any atom is -0.464 e. The molecule has 0 N–H and O–H groups in total.